The summed E-state index contributed by atoms with van der Waals surface area (Å²) in [5.74, 6) is 0.899. The van der Waals surface area contributed by atoms with E-state index in [9.17, 15) is 0 Å². The van der Waals surface area contributed by atoms with Crippen molar-refractivity contribution < 1.29 is 4.74 Å². The molecule has 0 atom stereocenters. The number of aryl methyl sites for hydroxylation is 1. The minimum absolute atomic E-state index is 0.601. The van der Waals surface area contributed by atoms with E-state index in [1.807, 2.05) is 36.5 Å². The molecule has 0 amide bonds. The summed E-state index contributed by atoms with van der Waals surface area (Å²) < 4.78 is 9.66. The predicted molar refractivity (Wildman–Crippen MR) is 102 cm³/mol. The Balaban J connectivity index is 1.53. The van der Waals surface area contributed by atoms with Gasteiger partial charge in [-0.3, -0.25) is 0 Å². The third-order valence-electron chi connectivity index (χ3n) is 4.15. The molecule has 0 fully saturated rings. The summed E-state index contributed by atoms with van der Waals surface area (Å²) in [5.41, 5.74) is 3.40. The van der Waals surface area contributed by atoms with Gasteiger partial charge in [0.1, 0.15) is 25.0 Å². The van der Waals surface area contributed by atoms with Crippen LogP contribution in [0.2, 0.25) is 0 Å². The SMILES string of the molecule is Cc1cccc(OCCn2cc(/C=N\n3cnnc3)c3ccccc32)c1. The molecule has 0 N–H and O–H groups in total. The predicted octanol–water partition coefficient (Wildman–Crippen LogP) is 3.50. The molecule has 0 bridgehead atoms. The number of para-hydroxylation sites is 1. The van der Waals surface area contributed by atoms with Crippen molar-refractivity contribution in [3.63, 3.8) is 0 Å². The van der Waals surface area contributed by atoms with Crippen molar-refractivity contribution in [2.24, 2.45) is 5.10 Å². The number of hydrogen-bond donors (Lipinski definition) is 0. The standard InChI is InChI=1S/C20H19N5O/c1-16-5-4-6-18(11-16)26-10-9-24-13-17(12-23-25-14-21-22-15-25)19-7-2-3-8-20(19)24/h2-8,11-15H,9-10H2,1H3/b23-12-. The van der Waals surface area contributed by atoms with Gasteiger partial charge in [-0.2, -0.15) is 5.10 Å². The molecule has 4 aromatic rings. The average Bonchev–Trinajstić information content (AvgIpc) is 3.28. The molecule has 26 heavy (non-hydrogen) atoms. The van der Waals surface area contributed by atoms with Gasteiger partial charge in [0, 0.05) is 22.7 Å². The summed E-state index contributed by atoms with van der Waals surface area (Å²) in [6.07, 6.45) is 7.04. The number of hydrogen-bond acceptors (Lipinski definition) is 4. The fourth-order valence-corrected chi connectivity index (χ4v) is 2.91. The third-order valence-corrected chi connectivity index (χ3v) is 4.15. The largest absolute Gasteiger partial charge is 0.492 e. The van der Waals surface area contributed by atoms with Gasteiger partial charge < -0.3 is 9.30 Å². The molecule has 0 saturated carbocycles. The van der Waals surface area contributed by atoms with Gasteiger partial charge in [0.15, 0.2) is 0 Å². The van der Waals surface area contributed by atoms with Gasteiger partial charge in [0.05, 0.1) is 12.8 Å². The Hall–Kier alpha value is -3.41. The Labute approximate surface area is 151 Å². The molecule has 130 valence electrons. The topological polar surface area (TPSA) is 57.2 Å². The number of rotatable bonds is 6. The first-order valence-corrected chi connectivity index (χ1v) is 8.46. The lowest BCUT2D eigenvalue weighted by atomic mass is 10.2. The molecule has 0 spiro atoms. The number of fused-ring (bicyclic) bond motifs is 1. The van der Waals surface area contributed by atoms with Gasteiger partial charge >= 0.3 is 0 Å². The summed E-state index contributed by atoms with van der Waals surface area (Å²) in [4.78, 5) is 0. The maximum atomic E-state index is 5.89. The van der Waals surface area contributed by atoms with Gasteiger partial charge in [-0.05, 0) is 30.7 Å². The number of benzene rings is 2. The second-order valence-electron chi connectivity index (χ2n) is 6.05. The van der Waals surface area contributed by atoms with Crippen LogP contribution in [0.1, 0.15) is 11.1 Å². The molecule has 0 aliphatic rings. The highest BCUT2D eigenvalue weighted by Gasteiger charge is 2.07. The molecule has 0 saturated heterocycles. The Kier molecular flexibility index (Phi) is 4.47. The molecular formula is C20H19N5O. The zero-order valence-electron chi connectivity index (χ0n) is 14.5. The summed E-state index contributed by atoms with van der Waals surface area (Å²) >= 11 is 0. The summed E-state index contributed by atoms with van der Waals surface area (Å²) in [7, 11) is 0. The molecule has 0 unspecified atom stereocenters. The van der Waals surface area contributed by atoms with E-state index in [0.717, 1.165) is 28.8 Å². The van der Waals surface area contributed by atoms with E-state index < -0.39 is 0 Å². The number of ether oxygens (including phenoxy) is 1. The summed E-state index contributed by atoms with van der Waals surface area (Å²) in [5, 5.41) is 13.0. The van der Waals surface area contributed by atoms with E-state index in [2.05, 4.69) is 51.2 Å². The van der Waals surface area contributed by atoms with Crippen molar-refractivity contribution in [1.82, 2.24) is 19.4 Å². The fraction of sp³-hybridized carbons (Fsp3) is 0.150. The summed E-state index contributed by atoms with van der Waals surface area (Å²) in [6, 6.07) is 16.4. The molecule has 6 heteroatoms. The molecule has 2 aromatic carbocycles. The molecule has 6 nitrogen and oxygen atoms in total. The first-order valence-electron chi connectivity index (χ1n) is 8.46. The average molecular weight is 345 g/mol. The van der Waals surface area contributed by atoms with Gasteiger partial charge in [-0.1, -0.05) is 30.3 Å². The lowest BCUT2D eigenvalue weighted by Gasteiger charge is -2.08. The Morgan fingerprint density at radius 2 is 1.92 bits per heavy atom. The zero-order valence-corrected chi connectivity index (χ0v) is 14.5. The maximum Gasteiger partial charge on any atom is 0.141 e. The van der Waals surface area contributed by atoms with E-state index in [4.69, 9.17) is 4.74 Å². The van der Waals surface area contributed by atoms with Crippen molar-refractivity contribution in [3.8, 4) is 5.75 Å². The molecule has 0 radical (unpaired) electrons. The van der Waals surface area contributed by atoms with Gasteiger partial charge in [0.25, 0.3) is 0 Å². The highest BCUT2D eigenvalue weighted by molar-refractivity contribution is 5.99. The normalized spacial score (nSPS) is 11.4. The minimum atomic E-state index is 0.601. The van der Waals surface area contributed by atoms with Crippen molar-refractivity contribution in [2.45, 2.75) is 13.5 Å². The summed E-state index contributed by atoms with van der Waals surface area (Å²) in [6.45, 7) is 3.42. The van der Waals surface area contributed by atoms with E-state index in [-0.39, 0.29) is 0 Å². The van der Waals surface area contributed by atoms with E-state index in [1.165, 1.54) is 5.56 Å². The van der Waals surface area contributed by atoms with Gasteiger partial charge in [-0.15, -0.1) is 10.2 Å². The molecule has 0 aliphatic carbocycles. The number of aromatic nitrogens is 4. The van der Waals surface area contributed by atoms with Crippen LogP contribution in [0.15, 0.2) is 72.5 Å². The number of nitrogens with zero attached hydrogens (tertiary/aromatic N) is 5. The minimum Gasteiger partial charge on any atom is -0.492 e. The molecule has 0 aliphatic heterocycles. The third kappa shape index (κ3) is 3.49. The smallest absolute Gasteiger partial charge is 0.141 e. The van der Waals surface area contributed by atoms with Gasteiger partial charge in [0.2, 0.25) is 0 Å². The van der Waals surface area contributed by atoms with E-state index in [1.54, 1.807) is 17.3 Å². The van der Waals surface area contributed by atoms with Crippen LogP contribution < -0.4 is 4.74 Å². The van der Waals surface area contributed by atoms with Crippen LogP contribution in [0.3, 0.4) is 0 Å². The Bertz CT molecular complexity index is 1030. The highest BCUT2D eigenvalue weighted by atomic mass is 16.5. The monoisotopic (exact) mass is 345 g/mol. The van der Waals surface area contributed by atoms with Crippen LogP contribution in [-0.4, -0.2) is 32.3 Å². The molecular weight excluding hydrogens is 326 g/mol. The second kappa shape index (κ2) is 7.23. The maximum absolute atomic E-state index is 5.89. The molecule has 2 aromatic heterocycles. The van der Waals surface area contributed by atoms with Crippen LogP contribution in [0.25, 0.3) is 10.9 Å². The van der Waals surface area contributed by atoms with Crippen LogP contribution in [0, 0.1) is 6.92 Å². The first-order chi connectivity index (χ1) is 12.8. The quantitative estimate of drug-likeness (QED) is 0.503. The van der Waals surface area contributed by atoms with Crippen LogP contribution in [-0.2, 0) is 6.54 Å². The van der Waals surface area contributed by atoms with E-state index >= 15 is 0 Å². The van der Waals surface area contributed by atoms with Crippen LogP contribution in [0.5, 0.6) is 5.75 Å². The lowest BCUT2D eigenvalue weighted by molar-refractivity contribution is 0.300. The second-order valence-corrected chi connectivity index (χ2v) is 6.05. The van der Waals surface area contributed by atoms with Crippen molar-refractivity contribution in [2.75, 3.05) is 6.61 Å². The van der Waals surface area contributed by atoms with Crippen molar-refractivity contribution in [1.29, 1.82) is 0 Å². The Morgan fingerprint density at radius 3 is 2.77 bits per heavy atom. The van der Waals surface area contributed by atoms with Gasteiger partial charge in [-0.25, -0.2) is 4.68 Å². The van der Waals surface area contributed by atoms with Crippen molar-refractivity contribution in [3.05, 3.63) is 78.5 Å². The highest BCUT2D eigenvalue weighted by Crippen LogP contribution is 2.20. The molecule has 2 heterocycles. The first kappa shape index (κ1) is 16.1. The van der Waals surface area contributed by atoms with E-state index in [0.29, 0.717) is 6.61 Å². The Morgan fingerprint density at radius 1 is 1.08 bits per heavy atom. The lowest BCUT2D eigenvalue weighted by Crippen LogP contribution is -2.07. The molecule has 4 rings (SSSR count). The zero-order chi connectivity index (χ0) is 17.8. The fourth-order valence-electron chi connectivity index (χ4n) is 2.91. The van der Waals surface area contributed by atoms with Crippen LogP contribution >= 0.6 is 0 Å². The van der Waals surface area contributed by atoms with Crippen LogP contribution in [0.4, 0.5) is 0 Å². The van der Waals surface area contributed by atoms with Crippen molar-refractivity contribution >= 4 is 17.1 Å².